The minimum atomic E-state index is -3.43. The van der Waals surface area contributed by atoms with E-state index in [0.29, 0.717) is 5.69 Å². The van der Waals surface area contributed by atoms with Gasteiger partial charge in [-0.2, -0.15) is 0 Å². The van der Waals surface area contributed by atoms with Crippen LogP contribution in [0.15, 0.2) is 5.38 Å². The molecule has 1 heterocycles. The number of rotatable bonds is 5. The third-order valence-corrected chi connectivity index (χ3v) is 5.30. The molecule has 0 amide bonds. The van der Waals surface area contributed by atoms with E-state index in [1.165, 1.54) is 7.11 Å². The van der Waals surface area contributed by atoms with Gasteiger partial charge in [-0.1, -0.05) is 0 Å². The second kappa shape index (κ2) is 5.46. The van der Waals surface area contributed by atoms with E-state index in [1.54, 1.807) is 33.1 Å². The number of sulfonamides is 1. The van der Waals surface area contributed by atoms with Gasteiger partial charge in [0, 0.05) is 5.38 Å². The molecule has 1 N–H and O–H groups in total. The Morgan fingerprint density at radius 2 is 2.05 bits per heavy atom. The molecule has 0 atom stereocenters. The van der Waals surface area contributed by atoms with Crippen LogP contribution in [0.25, 0.3) is 0 Å². The summed E-state index contributed by atoms with van der Waals surface area (Å²) in [6, 6.07) is 0. The second-order valence-corrected chi connectivity index (χ2v) is 7.95. The van der Waals surface area contributed by atoms with E-state index in [4.69, 9.17) is 4.74 Å². The van der Waals surface area contributed by atoms with Crippen molar-refractivity contribution < 1.29 is 17.9 Å². The van der Waals surface area contributed by atoms with Crippen molar-refractivity contribution >= 4 is 32.5 Å². The minimum absolute atomic E-state index is 0.251. The van der Waals surface area contributed by atoms with Gasteiger partial charge in [0.1, 0.15) is 5.41 Å². The third kappa shape index (κ3) is 3.44. The largest absolute Gasteiger partial charge is 0.468 e. The molecule has 0 fully saturated rings. The van der Waals surface area contributed by atoms with E-state index in [2.05, 4.69) is 9.71 Å². The van der Waals surface area contributed by atoms with Gasteiger partial charge in [-0.25, -0.2) is 13.4 Å². The van der Waals surface area contributed by atoms with Crippen LogP contribution in [0.4, 0.5) is 5.13 Å². The molecule has 0 aliphatic rings. The van der Waals surface area contributed by atoms with E-state index in [-0.39, 0.29) is 5.13 Å². The highest BCUT2D eigenvalue weighted by Crippen LogP contribution is 2.28. The number of nitrogens with zero attached hydrogens (tertiary/aromatic N) is 1. The van der Waals surface area contributed by atoms with Crippen LogP contribution >= 0.6 is 11.3 Å². The number of anilines is 1. The van der Waals surface area contributed by atoms with E-state index in [1.807, 2.05) is 0 Å². The quantitative estimate of drug-likeness (QED) is 0.838. The Kier molecular flexibility index (Phi) is 4.57. The number of carbonyl (C=O) groups excluding carboxylic acids is 1. The highest BCUT2D eigenvalue weighted by Gasteiger charge is 2.33. The molecule has 0 radical (unpaired) electrons. The fraction of sp³-hybridized carbons (Fsp3) is 0.636. The van der Waals surface area contributed by atoms with Gasteiger partial charge < -0.3 is 4.74 Å². The first-order valence-electron chi connectivity index (χ1n) is 5.67. The minimum Gasteiger partial charge on any atom is -0.468 e. The van der Waals surface area contributed by atoms with Gasteiger partial charge in [0.05, 0.1) is 18.1 Å². The van der Waals surface area contributed by atoms with Gasteiger partial charge in [-0.15, -0.1) is 11.3 Å². The maximum absolute atomic E-state index is 11.7. The average molecular weight is 306 g/mol. The topological polar surface area (TPSA) is 85.4 Å². The highest BCUT2D eigenvalue weighted by atomic mass is 32.2. The van der Waals surface area contributed by atoms with Gasteiger partial charge in [-0.05, 0) is 27.7 Å². The van der Waals surface area contributed by atoms with Crippen LogP contribution in [0.5, 0.6) is 0 Å². The zero-order chi connectivity index (χ0) is 14.8. The molecular formula is C11H18N2O4S2. The molecule has 0 saturated heterocycles. The third-order valence-electron chi connectivity index (χ3n) is 2.69. The summed E-state index contributed by atoms with van der Waals surface area (Å²) in [4.78, 5) is 15.8. The first kappa shape index (κ1) is 15.9. The lowest BCUT2D eigenvalue weighted by Crippen LogP contribution is -2.30. The lowest BCUT2D eigenvalue weighted by molar-refractivity contribution is -0.146. The molecule has 6 nitrogen and oxygen atoms in total. The van der Waals surface area contributed by atoms with Gasteiger partial charge >= 0.3 is 5.97 Å². The predicted molar refractivity (Wildman–Crippen MR) is 74.8 cm³/mol. The molecule has 0 bridgehead atoms. The number of hydrogen-bond acceptors (Lipinski definition) is 6. The molecule has 0 aromatic carbocycles. The normalized spacial score (nSPS) is 12.5. The van der Waals surface area contributed by atoms with E-state index >= 15 is 0 Å². The molecule has 8 heteroatoms. The lowest BCUT2D eigenvalue weighted by atomic mass is 9.90. The van der Waals surface area contributed by atoms with Crippen molar-refractivity contribution in [2.24, 2.45) is 0 Å². The number of carbonyl (C=O) groups is 1. The first-order valence-corrected chi connectivity index (χ1v) is 8.10. The average Bonchev–Trinajstić information content (AvgIpc) is 2.75. The SMILES string of the molecule is COC(=O)C(C)(C)c1csc(NS(=O)(=O)C(C)C)n1. The highest BCUT2D eigenvalue weighted by molar-refractivity contribution is 7.93. The molecule has 0 aliphatic carbocycles. The van der Waals surface area contributed by atoms with Gasteiger partial charge in [-0.3, -0.25) is 9.52 Å². The maximum atomic E-state index is 11.7. The molecule has 1 rings (SSSR count). The molecule has 108 valence electrons. The van der Waals surface area contributed by atoms with E-state index in [9.17, 15) is 13.2 Å². The number of methoxy groups -OCH3 is 1. The smallest absolute Gasteiger partial charge is 0.317 e. The molecule has 1 aromatic rings. The van der Waals surface area contributed by atoms with E-state index in [0.717, 1.165) is 11.3 Å². The molecule has 0 saturated carbocycles. The second-order valence-electron chi connectivity index (χ2n) is 4.85. The number of aromatic nitrogens is 1. The summed E-state index contributed by atoms with van der Waals surface area (Å²) in [6.45, 7) is 6.51. The summed E-state index contributed by atoms with van der Waals surface area (Å²) in [5, 5.41) is 1.35. The van der Waals surface area contributed by atoms with Crippen LogP contribution in [-0.4, -0.2) is 31.7 Å². The Morgan fingerprint density at radius 3 is 2.53 bits per heavy atom. The van der Waals surface area contributed by atoms with Gasteiger partial charge in [0.25, 0.3) is 0 Å². The van der Waals surface area contributed by atoms with E-state index < -0.39 is 26.7 Å². The van der Waals surface area contributed by atoms with Crippen molar-refractivity contribution in [1.29, 1.82) is 0 Å². The van der Waals surface area contributed by atoms with Crippen LogP contribution in [-0.2, 0) is 25.0 Å². The maximum Gasteiger partial charge on any atom is 0.317 e. The summed E-state index contributed by atoms with van der Waals surface area (Å²) < 4.78 is 30.5. The summed E-state index contributed by atoms with van der Waals surface area (Å²) in [7, 11) is -2.12. The van der Waals surface area contributed by atoms with Crippen LogP contribution in [0, 0.1) is 0 Å². The van der Waals surface area contributed by atoms with Crippen LogP contribution in [0.3, 0.4) is 0 Å². The summed E-state index contributed by atoms with van der Waals surface area (Å²) in [5.41, 5.74) is -0.432. The number of thiazole rings is 1. The van der Waals surface area contributed by atoms with Crippen molar-refractivity contribution in [3.05, 3.63) is 11.1 Å². The zero-order valence-corrected chi connectivity index (χ0v) is 13.2. The molecule has 19 heavy (non-hydrogen) atoms. The number of nitrogens with one attached hydrogen (secondary N) is 1. The van der Waals surface area contributed by atoms with Crippen molar-refractivity contribution in [3.8, 4) is 0 Å². The molecule has 1 aromatic heterocycles. The Balaban J connectivity index is 2.99. The Hall–Kier alpha value is -1.15. The van der Waals surface area contributed by atoms with Crippen molar-refractivity contribution in [2.75, 3.05) is 11.8 Å². The Bertz CT molecular complexity index is 561. The van der Waals surface area contributed by atoms with Crippen LogP contribution in [0.1, 0.15) is 33.4 Å². The van der Waals surface area contributed by atoms with Crippen molar-refractivity contribution in [3.63, 3.8) is 0 Å². The van der Waals surface area contributed by atoms with Crippen LogP contribution in [0.2, 0.25) is 0 Å². The Labute approximate surface area is 117 Å². The lowest BCUT2D eigenvalue weighted by Gasteiger charge is -2.18. The van der Waals surface area contributed by atoms with Gasteiger partial charge in [0.15, 0.2) is 5.13 Å². The first-order chi connectivity index (χ1) is 8.61. The molecule has 0 unspecified atom stereocenters. The van der Waals surface area contributed by atoms with Crippen LogP contribution < -0.4 is 4.72 Å². The molecular weight excluding hydrogens is 288 g/mol. The monoisotopic (exact) mass is 306 g/mol. The van der Waals surface area contributed by atoms with Gasteiger partial charge in [0.2, 0.25) is 10.0 Å². The standard InChI is InChI=1S/C11H18N2O4S2/c1-7(2)19(15,16)13-10-12-8(6-18-10)11(3,4)9(14)17-5/h6-7H,1-5H3,(H,12,13). The number of esters is 1. The van der Waals surface area contributed by atoms with Crippen molar-refractivity contribution in [1.82, 2.24) is 4.98 Å². The molecule has 0 spiro atoms. The fourth-order valence-corrected chi connectivity index (χ4v) is 2.99. The number of ether oxygens (including phenoxy) is 1. The molecule has 0 aliphatic heterocycles. The summed E-state index contributed by atoms with van der Waals surface area (Å²) in [5.74, 6) is -0.420. The number of hydrogen-bond donors (Lipinski definition) is 1. The zero-order valence-electron chi connectivity index (χ0n) is 11.6. The fourth-order valence-electron chi connectivity index (χ4n) is 1.21. The Morgan fingerprint density at radius 1 is 1.47 bits per heavy atom. The summed E-state index contributed by atoms with van der Waals surface area (Å²) >= 11 is 1.14. The summed E-state index contributed by atoms with van der Waals surface area (Å²) in [6.07, 6.45) is 0. The predicted octanol–water partition coefficient (Wildman–Crippen LogP) is 1.74. The van der Waals surface area contributed by atoms with Crippen molar-refractivity contribution in [2.45, 2.75) is 38.4 Å².